The van der Waals surface area contributed by atoms with Gasteiger partial charge in [0.25, 0.3) is 6.33 Å². The molecule has 13 aromatic rings. The zero-order valence-corrected chi connectivity index (χ0v) is 39.8. The van der Waals surface area contributed by atoms with E-state index in [4.69, 9.17) is 4.98 Å². The quantitative estimate of drug-likeness (QED) is 0.112. The van der Waals surface area contributed by atoms with Crippen molar-refractivity contribution < 1.29 is 4.57 Å². The van der Waals surface area contributed by atoms with Gasteiger partial charge in [-0.25, -0.2) is 4.98 Å². The number of pyridine rings is 1. The van der Waals surface area contributed by atoms with Crippen LogP contribution in [0.5, 0.6) is 0 Å². The van der Waals surface area contributed by atoms with Crippen LogP contribution in [0, 0.1) is 6.33 Å². The van der Waals surface area contributed by atoms with Gasteiger partial charge < -0.3 is 4.90 Å². The molecular weight excluding hydrogens is 863 g/mol. The minimum atomic E-state index is -0.0292. The molecule has 10 aromatic carbocycles. The van der Waals surface area contributed by atoms with Crippen LogP contribution in [0.25, 0.3) is 93.8 Å². The van der Waals surface area contributed by atoms with Crippen molar-refractivity contribution in [3.8, 4) is 39.4 Å². The predicted molar refractivity (Wildman–Crippen MR) is 295 cm³/mol. The van der Waals surface area contributed by atoms with Crippen molar-refractivity contribution in [2.24, 2.45) is 0 Å². The average Bonchev–Trinajstić information content (AvgIpc) is 3.97. The Morgan fingerprint density at radius 2 is 1.04 bits per heavy atom. The highest BCUT2D eigenvalue weighted by molar-refractivity contribution is 6.10. The van der Waals surface area contributed by atoms with E-state index in [0.29, 0.717) is 0 Å². The van der Waals surface area contributed by atoms with Gasteiger partial charge in [0.15, 0.2) is 0 Å². The second-order valence-corrected chi connectivity index (χ2v) is 19.5. The maximum absolute atomic E-state index is 4.99. The van der Waals surface area contributed by atoms with Crippen molar-refractivity contribution in [2.75, 3.05) is 4.90 Å². The lowest BCUT2D eigenvalue weighted by atomic mass is 9.88. The van der Waals surface area contributed by atoms with Gasteiger partial charge in [-0.1, -0.05) is 185 Å². The predicted octanol–water partition coefficient (Wildman–Crippen LogP) is 16.6. The molecule has 3 aromatic heterocycles. The van der Waals surface area contributed by atoms with Gasteiger partial charge in [0.1, 0.15) is 5.82 Å². The van der Waals surface area contributed by atoms with Crippen LogP contribution in [0.2, 0.25) is 0 Å². The Bertz CT molecular complexity index is 4070. The van der Waals surface area contributed by atoms with Gasteiger partial charge in [-0.05, 0) is 128 Å². The molecule has 0 saturated heterocycles. The second-order valence-electron chi connectivity index (χ2n) is 19.5. The number of fused-ring (bicyclic) bond motifs is 6. The number of nitrogens with zero attached hydrogens (tertiary/aromatic N) is 5. The molecule has 0 N–H and O–H groups in total. The number of hydrogen-bond donors (Lipinski definition) is 0. The topological polar surface area (TPSA) is 29.9 Å². The van der Waals surface area contributed by atoms with Crippen LogP contribution >= 0.6 is 0 Å². The molecule has 0 bridgehead atoms. The first kappa shape index (κ1) is 42.1. The van der Waals surface area contributed by atoms with Crippen LogP contribution in [-0.4, -0.2) is 14.1 Å². The minimum absolute atomic E-state index is 0.0292. The number of anilines is 3. The second kappa shape index (κ2) is 16.9. The third kappa shape index (κ3) is 7.33. The van der Waals surface area contributed by atoms with Crippen molar-refractivity contribution in [1.29, 1.82) is 0 Å². The molecule has 13 rings (SSSR count). The molecule has 71 heavy (non-hydrogen) atoms. The first-order chi connectivity index (χ1) is 34.8. The van der Waals surface area contributed by atoms with E-state index in [1.165, 1.54) is 37.9 Å². The van der Waals surface area contributed by atoms with Gasteiger partial charge >= 0.3 is 0 Å². The maximum atomic E-state index is 4.99. The van der Waals surface area contributed by atoms with Gasteiger partial charge in [0, 0.05) is 34.0 Å². The summed E-state index contributed by atoms with van der Waals surface area (Å²) < 4.78 is 6.82. The summed E-state index contributed by atoms with van der Waals surface area (Å²) in [5.41, 5.74) is 15.3. The van der Waals surface area contributed by atoms with E-state index in [9.17, 15) is 0 Å². The molecule has 0 aliphatic heterocycles. The number of hydrogen-bond acceptors (Lipinski definition) is 2. The van der Waals surface area contributed by atoms with E-state index in [0.717, 1.165) is 78.6 Å². The summed E-state index contributed by atoms with van der Waals surface area (Å²) in [4.78, 5) is 7.35. The molecule has 0 aliphatic carbocycles. The molecule has 0 amide bonds. The molecule has 0 unspecified atom stereocenters. The normalized spacial score (nSPS) is 11.9. The number of imidazole rings is 1. The van der Waals surface area contributed by atoms with Crippen molar-refractivity contribution in [3.05, 3.63) is 255 Å². The lowest BCUT2D eigenvalue weighted by Gasteiger charge is -2.26. The molecule has 0 aliphatic rings. The van der Waals surface area contributed by atoms with Crippen LogP contribution in [0.4, 0.5) is 17.1 Å². The van der Waals surface area contributed by atoms with Crippen molar-refractivity contribution in [1.82, 2.24) is 14.1 Å². The summed E-state index contributed by atoms with van der Waals surface area (Å²) >= 11 is 0. The van der Waals surface area contributed by atoms with E-state index in [1.807, 2.05) is 6.20 Å². The van der Waals surface area contributed by atoms with Gasteiger partial charge in [0.2, 0.25) is 0 Å². The SMILES string of the molecule is CC(C)(C)c1ccnc(-n2c3ccccc3c3ccc(N(c4ccccc4)c4cccc(-n5[c-][n+](-c6c(-c7ccc8ccccc8c7)cccc6-c6ccc7ccccc7c6)c6ccccc65)c4)cc32)c1. The van der Waals surface area contributed by atoms with E-state index < -0.39 is 0 Å². The highest BCUT2D eigenvalue weighted by atomic mass is 15.2. The third-order valence-electron chi connectivity index (χ3n) is 14.1. The van der Waals surface area contributed by atoms with Crippen molar-refractivity contribution >= 4 is 71.4 Å². The Kier molecular flexibility index (Phi) is 9.99. The molecule has 3 heterocycles. The van der Waals surface area contributed by atoms with E-state index in [2.05, 4.69) is 282 Å². The lowest BCUT2D eigenvalue weighted by Crippen LogP contribution is -2.31. The van der Waals surface area contributed by atoms with E-state index in [1.54, 1.807) is 0 Å². The highest BCUT2D eigenvalue weighted by Crippen LogP contribution is 2.41. The molecule has 0 radical (unpaired) electrons. The molecule has 5 nitrogen and oxygen atoms in total. The molecule has 0 spiro atoms. The summed E-state index contributed by atoms with van der Waals surface area (Å²) in [5.74, 6) is 0.906. The van der Waals surface area contributed by atoms with Gasteiger partial charge in [-0.2, -0.15) is 0 Å². The lowest BCUT2D eigenvalue weighted by molar-refractivity contribution is -0.571. The standard InChI is InChI=1S/C66H49N5/c1-66(2,3)51-37-38-67-64(41-51)71-60-28-12-11-25-58(60)59-36-35-55(43-63(59)71)70(52-21-5-4-6-22-52)54-24-15-23-53(42-54)68-44-69(62-30-14-13-29-61(62)68)65-56(49-33-31-45-17-7-9-19-47(45)39-49)26-16-27-57(65)50-34-32-46-18-8-10-20-48(46)40-50/h4-43H,1-3H3. The molecular formula is C66H49N5. The zero-order valence-electron chi connectivity index (χ0n) is 39.8. The Morgan fingerprint density at radius 3 is 1.76 bits per heavy atom. The fourth-order valence-corrected chi connectivity index (χ4v) is 10.5. The van der Waals surface area contributed by atoms with Crippen LogP contribution < -0.4 is 9.47 Å². The average molecular weight is 912 g/mol. The summed E-state index contributed by atoms with van der Waals surface area (Å²) in [6.07, 6.45) is 5.89. The first-order valence-corrected chi connectivity index (χ1v) is 24.4. The van der Waals surface area contributed by atoms with Gasteiger partial charge in [0.05, 0.1) is 33.4 Å². The van der Waals surface area contributed by atoms with Crippen LogP contribution in [-0.2, 0) is 5.41 Å². The minimum Gasteiger partial charge on any atom is -0.311 e. The Hall–Kier alpha value is -9.06. The van der Waals surface area contributed by atoms with Crippen LogP contribution in [0.3, 0.4) is 0 Å². The van der Waals surface area contributed by atoms with Gasteiger partial charge in [-0.15, -0.1) is 0 Å². The Morgan fingerprint density at radius 1 is 0.451 bits per heavy atom. The van der Waals surface area contributed by atoms with Gasteiger partial charge in [-0.3, -0.25) is 13.7 Å². The first-order valence-electron chi connectivity index (χ1n) is 24.4. The molecule has 5 heteroatoms. The van der Waals surface area contributed by atoms with Crippen LogP contribution in [0.1, 0.15) is 26.3 Å². The highest BCUT2D eigenvalue weighted by Gasteiger charge is 2.23. The summed E-state index contributed by atoms with van der Waals surface area (Å²) in [5, 5.41) is 7.21. The molecule has 0 fully saturated rings. The van der Waals surface area contributed by atoms with E-state index >= 15 is 0 Å². The monoisotopic (exact) mass is 911 g/mol. The summed E-state index contributed by atoms with van der Waals surface area (Å²) in [6.45, 7) is 6.76. The third-order valence-corrected chi connectivity index (χ3v) is 14.1. The summed E-state index contributed by atoms with van der Waals surface area (Å²) in [6, 6.07) is 85.5. The zero-order chi connectivity index (χ0) is 47.6. The number of benzene rings is 10. The largest absolute Gasteiger partial charge is 0.311 e. The molecule has 338 valence electrons. The molecule has 0 saturated carbocycles. The fourth-order valence-electron chi connectivity index (χ4n) is 10.5. The maximum Gasteiger partial charge on any atom is 0.269 e. The summed E-state index contributed by atoms with van der Waals surface area (Å²) in [7, 11) is 0. The number of para-hydroxylation sites is 5. The van der Waals surface area contributed by atoms with Crippen LogP contribution in [0.15, 0.2) is 243 Å². The van der Waals surface area contributed by atoms with Crippen molar-refractivity contribution in [2.45, 2.75) is 26.2 Å². The van der Waals surface area contributed by atoms with Crippen molar-refractivity contribution in [3.63, 3.8) is 0 Å². The Labute approximate surface area is 413 Å². The number of aromatic nitrogens is 4. The number of rotatable bonds is 8. The smallest absolute Gasteiger partial charge is 0.269 e. The van der Waals surface area contributed by atoms with E-state index in [-0.39, 0.29) is 5.41 Å². The Balaban J connectivity index is 0.999. The molecule has 0 atom stereocenters. The fraction of sp³-hybridized carbons (Fsp3) is 0.0606.